The molecule has 0 saturated carbocycles. The quantitative estimate of drug-likeness (QED) is 0.668. The molecule has 88 valence electrons. The first kappa shape index (κ1) is 12.5. The van der Waals surface area contributed by atoms with Gasteiger partial charge in [0.25, 0.3) is 0 Å². The lowest BCUT2D eigenvalue weighted by molar-refractivity contribution is -0.123. The van der Waals surface area contributed by atoms with Crippen molar-refractivity contribution in [3.05, 3.63) is 0 Å². The molecule has 1 heterocycles. The van der Waals surface area contributed by atoms with Crippen LogP contribution in [0.15, 0.2) is 0 Å². The van der Waals surface area contributed by atoms with E-state index in [4.69, 9.17) is 5.73 Å². The van der Waals surface area contributed by atoms with Crippen LogP contribution in [0.1, 0.15) is 32.6 Å². The van der Waals surface area contributed by atoms with Crippen LogP contribution < -0.4 is 11.1 Å². The number of nitrogens with two attached hydrogens (primary N) is 1. The van der Waals surface area contributed by atoms with E-state index in [9.17, 15) is 4.79 Å². The van der Waals surface area contributed by atoms with Crippen LogP contribution in [-0.2, 0) is 4.79 Å². The molecule has 0 aromatic rings. The Bertz CT molecular complexity index is 214. The molecule has 4 heteroatoms. The molecule has 1 unspecified atom stereocenters. The molecular weight excluding hydrogens is 190 g/mol. The Hall–Kier alpha value is -0.610. The summed E-state index contributed by atoms with van der Waals surface area (Å²) in [5.41, 5.74) is 4.82. The molecule has 0 radical (unpaired) electrons. The predicted molar refractivity (Wildman–Crippen MR) is 61.6 cm³/mol. The van der Waals surface area contributed by atoms with Crippen molar-refractivity contribution in [2.75, 3.05) is 26.7 Å². The third-order valence-corrected chi connectivity index (χ3v) is 3.45. The van der Waals surface area contributed by atoms with E-state index in [1.54, 1.807) is 7.05 Å². The van der Waals surface area contributed by atoms with Crippen molar-refractivity contribution in [2.24, 2.45) is 5.73 Å². The van der Waals surface area contributed by atoms with Crippen molar-refractivity contribution in [3.8, 4) is 0 Å². The van der Waals surface area contributed by atoms with Crippen molar-refractivity contribution in [2.45, 2.75) is 38.1 Å². The molecule has 1 amide bonds. The molecule has 1 aliphatic rings. The molecule has 0 aromatic heterocycles. The summed E-state index contributed by atoms with van der Waals surface area (Å²) in [7, 11) is 1.79. The van der Waals surface area contributed by atoms with Gasteiger partial charge in [-0.2, -0.15) is 0 Å². The molecule has 15 heavy (non-hydrogen) atoms. The van der Waals surface area contributed by atoms with Crippen molar-refractivity contribution in [1.82, 2.24) is 10.2 Å². The molecule has 1 aliphatic heterocycles. The molecule has 3 N–H and O–H groups in total. The smallest absolute Gasteiger partial charge is 0.237 e. The third-order valence-electron chi connectivity index (χ3n) is 3.45. The highest BCUT2D eigenvalue weighted by atomic mass is 16.1. The zero-order valence-electron chi connectivity index (χ0n) is 9.88. The standard InChI is InChI=1S/C11H23N3O/c1-11(13-2,10(12)15)6-5-9-14-7-3-4-8-14/h13H,3-9H2,1-2H3,(H2,12,15). The maximum absolute atomic E-state index is 11.2. The lowest BCUT2D eigenvalue weighted by Gasteiger charge is -2.26. The Morgan fingerprint density at radius 1 is 1.47 bits per heavy atom. The van der Waals surface area contributed by atoms with Crippen molar-refractivity contribution in [1.29, 1.82) is 0 Å². The van der Waals surface area contributed by atoms with E-state index < -0.39 is 5.54 Å². The van der Waals surface area contributed by atoms with E-state index in [0.717, 1.165) is 19.4 Å². The fraction of sp³-hybridized carbons (Fsp3) is 0.909. The SMILES string of the molecule is CNC(C)(CCCN1CCCC1)C(N)=O. The third kappa shape index (κ3) is 3.47. The minimum atomic E-state index is -0.542. The average molecular weight is 213 g/mol. The number of rotatable bonds is 6. The lowest BCUT2D eigenvalue weighted by Crippen LogP contribution is -2.51. The molecular formula is C11H23N3O. The molecule has 1 fully saturated rings. The summed E-state index contributed by atoms with van der Waals surface area (Å²) in [6.45, 7) is 5.39. The number of hydrogen-bond acceptors (Lipinski definition) is 3. The zero-order valence-corrected chi connectivity index (χ0v) is 9.88. The number of hydrogen-bond donors (Lipinski definition) is 2. The first-order valence-electron chi connectivity index (χ1n) is 5.80. The summed E-state index contributed by atoms with van der Waals surface area (Å²) in [6.07, 6.45) is 4.48. The summed E-state index contributed by atoms with van der Waals surface area (Å²) in [4.78, 5) is 13.7. The molecule has 4 nitrogen and oxygen atoms in total. The molecule has 0 bridgehead atoms. The number of nitrogens with zero attached hydrogens (tertiary/aromatic N) is 1. The van der Waals surface area contributed by atoms with Gasteiger partial charge in [0, 0.05) is 0 Å². The monoisotopic (exact) mass is 213 g/mol. The molecule has 0 spiro atoms. The Labute approximate surface area is 92.2 Å². The number of primary amides is 1. The Morgan fingerprint density at radius 2 is 2.07 bits per heavy atom. The molecule has 1 saturated heterocycles. The van der Waals surface area contributed by atoms with Crippen LogP contribution in [0.5, 0.6) is 0 Å². The Kier molecular flexibility index (Phi) is 4.54. The summed E-state index contributed by atoms with van der Waals surface area (Å²) in [6, 6.07) is 0. The maximum Gasteiger partial charge on any atom is 0.237 e. The van der Waals surface area contributed by atoms with E-state index in [2.05, 4.69) is 10.2 Å². The topological polar surface area (TPSA) is 58.4 Å². The highest BCUT2D eigenvalue weighted by Crippen LogP contribution is 2.14. The van der Waals surface area contributed by atoms with Crippen LogP contribution >= 0.6 is 0 Å². The van der Waals surface area contributed by atoms with Crippen LogP contribution in [0.3, 0.4) is 0 Å². The fourth-order valence-electron chi connectivity index (χ4n) is 2.03. The fourth-order valence-corrected chi connectivity index (χ4v) is 2.03. The van der Waals surface area contributed by atoms with Crippen molar-refractivity contribution in [3.63, 3.8) is 0 Å². The molecule has 0 aromatic carbocycles. The van der Waals surface area contributed by atoms with Gasteiger partial charge in [0.2, 0.25) is 5.91 Å². The number of carbonyl (C=O) groups excluding carboxylic acids is 1. The van der Waals surface area contributed by atoms with Crippen LogP contribution in [0, 0.1) is 0 Å². The Balaban J connectivity index is 2.25. The maximum atomic E-state index is 11.2. The summed E-state index contributed by atoms with van der Waals surface area (Å²) >= 11 is 0. The van der Waals surface area contributed by atoms with E-state index in [-0.39, 0.29) is 5.91 Å². The van der Waals surface area contributed by atoms with Gasteiger partial charge in [0.1, 0.15) is 0 Å². The molecule has 0 aliphatic carbocycles. The van der Waals surface area contributed by atoms with Gasteiger partial charge in [-0.1, -0.05) is 0 Å². The van der Waals surface area contributed by atoms with E-state index in [1.807, 2.05) is 6.92 Å². The van der Waals surface area contributed by atoms with E-state index >= 15 is 0 Å². The number of carbonyl (C=O) groups is 1. The van der Waals surface area contributed by atoms with Crippen LogP contribution in [-0.4, -0.2) is 43.0 Å². The van der Waals surface area contributed by atoms with Gasteiger partial charge in [-0.05, 0) is 59.3 Å². The van der Waals surface area contributed by atoms with Crippen molar-refractivity contribution >= 4 is 5.91 Å². The number of nitrogens with one attached hydrogen (secondary N) is 1. The summed E-state index contributed by atoms with van der Waals surface area (Å²) < 4.78 is 0. The second-order valence-corrected chi connectivity index (χ2v) is 4.60. The zero-order chi connectivity index (χ0) is 11.3. The minimum absolute atomic E-state index is 0.258. The lowest BCUT2D eigenvalue weighted by atomic mass is 9.95. The van der Waals surface area contributed by atoms with Crippen LogP contribution in [0.25, 0.3) is 0 Å². The number of likely N-dealkylation sites (N-methyl/N-ethyl adjacent to an activating group) is 1. The Morgan fingerprint density at radius 3 is 2.53 bits per heavy atom. The minimum Gasteiger partial charge on any atom is -0.368 e. The molecule has 1 atom stereocenters. The van der Waals surface area contributed by atoms with Gasteiger partial charge in [0.15, 0.2) is 0 Å². The second-order valence-electron chi connectivity index (χ2n) is 4.60. The normalized spacial score (nSPS) is 21.5. The van der Waals surface area contributed by atoms with E-state index in [0.29, 0.717) is 0 Å². The van der Waals surface area contributed by atoms with E-state index in [1.165, 1.54) is 25.9 Å². The van der Waals surface area contributed by atoms with Gasteiger partial charge in [0.05, 0.1) is 5.54 Å². The van der Waals surface area contributed by atoms with Gasteiger partial charge < -0.3 is 16.0 Å². The van der Waals surface area contributed by atoms with Gasteiger partial charge in [-0.25, -0.2) is 0 Å². The van der Waals surface area contributed by atoms with Gasteiger partial charge in [-0.3, -0.25) is 4.79 Å². The largest absolute Gasteiger partial charge is 0.368 e. The summed E-state index contributed by atoms with van der Waals surface area (Å²) in [5.74, 6) is -0.258. The first-order valence-corrected chi connectivity index (χ1v) is 5.80. The highest BCUT2D eigenvalue weighted by Gasteiger charge is 2.28. The summed E-state index contributed by atoms with van der Waals surface area (Å²) in [5, 5.41) is 3.01. The van der Waals surface area contributed by atoms with Crippen LogP contribution in [0.2, 0.25) is 0 Å². The van der Waals surface area contributed by atoms with Gasteiger partial charge in [-0.15, -0.1) is 0 Å². The second kappa shape index (κ2) is 5.47. The predicted octanol–water partition coefficient (Wildman–Crippen LogP) is 0.326. The number of amides is 1. The highest BCUT2D eigenvalue weighted by molar-refractivity contribution is 5.84. The first-order chi connectivity index (χ1) is 7.08. The molecule has 1 rings (SSSR count). The van der Waals surface area contributed by atoms with Crippen molar-refractivity contribution < 1.29 is 4.79 Å². The van der Waals surface area contributed by atoms with Gasteiger partial charge >= 0.3 is 0 Å². The van der Waals surface area contributed by atoms with Crippen LogP contribution in [0.4, 0.5) is 0 Å². The average Bonchev–Trinajstić information content (AvgIpc) is 2.70. The number of likely N-dealkylation sites (tertiary alicyclic amines) is 1.